The SMILES string of the molecule is Cc1ccc(CNC(=O)N[C@H]2CCSc3ccccc32)n1C. The molecule has 1 atom stereocenters. The summed E-state index contributed by atoms with van der Waals surface area (Å²) in [6.45, 7) is 2.60. The maximum atomic E-state index is 12.2. The van der Waals surface area contributed by atoms with Gasteiger partial charge in [0.2, 0.25) is 0 Å². The van der Waals surface area contributed by atoms with E-state index in [4.69, 9.17) is 0 Å². The molecule has 0 saturated carbocycles. The molecule has 4 nitrogen and oxygen atoms in total. The highest BCUT2D eigenvalue weighted by Gasteiger charge is 2.21. The number of carbonyl (C=O) groups excluding carboxylic acids is 1. The van der Waals surface area contributed by atoms with Gasteiger partial charge in [-0.3, -0.25) is 0 Å². The van der Waals surface area contributed by atoms with Gasteiger partial charge in [-0.25, -0.2) is 4.79 Å². The van der Waals surface area contributed by atoms with E-state index in [2.05, 4.69) is 40.3 Å². The number of urea groups is 1. The molecule has 5 heteroatoms. The van der Waals surface area contributed by atoms with Crippen LogP contribution in [0.25, 0.3) is 0 Å². The van der Waals surface area contributed by atoms with Gasteiger partial charge in [0.15, 0.2) is 0 Å². The van der Waals surface area contributed by atoms with Crippen LogP contribution in [0, 0.1) is 6.92 Å². The topological polar surface area (TPSA) is 46.1 Å². The predicted molar refractivity (Wildman–Crippen MR) is 90.0 cm³/mol. The minimum absolute atomic E-state index is 0.104. The molecule has 2 amide bonds. The molecule has 22 heavy (non-hydrogen) atoms. The number of aromatic nitrogens is 1. The summed E-state index contributed by atoms with van der Waals surface area (Å²) in [7, 11) is 2.01. The summed E-state index contributed by atoms with van der Waals surface area (Å²) >= 11 is 1.86. The first-order valence-corrected chi connectivity index (χ1v) is 8.51. The fourth-order valence-corrected chi connectivity index (χ4v) is 3.84. The maximum Gasteiger partial charge on any atom is 0.315 e. The van der Waals surface area contributed by atoms with E-state index in [1.165, 1.54) is 16.2 Å². The van der Waals surface area contributed by atoms with E-state index in [-0.39, 0.29) is 12.1 Å². The Morgan fingerprint density at radius 1 is 1.32 bits per heavy atom. The number of fused-ring (bicyclic) bond motifs is 1. The third-order valence-electron chi connectivity index (χ3n) is 4.17. The van der Waals surface area contributed by atoms with Gasteiger partial charge < -0.3 is 15.2 Å². The Kier molecular flexibility index (Phi) is 4.43. The lowest BCUT2D eigenvalue weighted by Crippen LogP contribution is -2.38. The number of aryl methyl sites for hydroxylation is 1. The number of hydrogen-bond acceptors (Lipinski definition) is 2. The smallest absolute Gasteiger partial charge is 0.315 e. The Morgan fingerprint density at radius 3 is 2.91 bits per heavy atom. The van der Waals surface area contributed by atoms with Crippen LogP contribution in [0.1, 0.15) is 29.4 Å². The molecule has 0 bridgehead atoms. The largest absolute Gasteiger partial charge is 0.350 e. The summed E-state index contributed by atoms with van der Waals surface area (Å²) in [5.74, 6) is 1.04. The van der Waals surface area contributed by atoms with E-state index in [9.17, 15) is 4.79 Å². The first-order chi connectivity index (χ1) is 10.6. The van der Waals surface area contributed by atoms with Crippen LogP contribution in [-0.2, 0) is 13.6 Å². The van der Waals surface area contributed by atoms with Gasteiger partial charge in [-0.2, -0.15) is 0 Å². The minimum Gasteiger partial charge on any atom is -0.350 e. The Hall–Kier alpha value is -1.88. The molecule has 0 aliphatic carbocycles. The van der Waals surface area contributed by atoms with Crippen molar-refractivity contribution in [2.75, 3.05) is 5.75 Å². The Balaban J connectivity index is 1.60. The molecule has 0 saturated heterocycles. The molecule has 2 N–H and O–H groups in total. The molecular formula is C17H21N3OS. The molecule has 0 radical (unpaired) electrons. The fraction of sp³-hybridized carbons (Fsp3) is 0.353. The van der Waals surface area contributed by atoms with Crippen LogP contribution in [0.4, 0.5) is 4.79 Å². The second-order valence-electron chi connectivity index (χ2n) is 5.58. The van der Waals surface area contributed by atoms with Crippen LogP contribution in [0.3, 0.4) is 0 Å². The molecule has 0 spiro atoms. The molecule has 0 fully saturated rings. The van der Waals surface area contributed by atoms with E-state index in [1.807, 2.05) is 37.0 Å². The maximum absolute atomic E-state index is 12.2. The highest BCUT2D eigenvalue weighted by atomic mass is 32.2. The Bertz CT molecular complexity index is 680. The summed E-state index contributed by atoms with van der Waals surface area (Å²) < 4.78 is 2.09. The van der Waals surface area contributed by atoms with Gasteiger partial charge in [-0.1, -0.05) is 18.2 Å². The number of rotatable bonds is 3. The van der Waals surface area contributed by atoms with Crippen LogP contribution >= 0.6 is 11.8 Å². The molecule has 3 rings (SSSR count). The van der Waals surface area contributed by atoms with Gasteiger partial charge in [0.25, 0.3) is 0 Å². The second kappa shape index (κ2) is 6.48. The highest BCUT2D eigenvalue weighted by Crippen LogP contribution is 2.35. The number of nitrogens with zero attached hydrogens (tertiary/aromatic N) is 1. The van der Waals surface area contributed by atoms with Gasteiger partial charge in [-0.05, 0) is 37.1 Å². The van der Waals surface area contributed by atoms with E-state index < -0.39 is 0 Å². The Labute approximate surface area is 135 Å². The fourth-order valence-electron chi connectivity index (χ4n) is 2.72. The van der Waals surface area contributed by atoms with Gasteiger partial charge in [0, 0.05) is 29.1 Å². The van der Waals surface area contributed by atoms with Crippen molar-refractivity contribution in [3.63, 3.8) is 0 Å². The lowest BCUT2D eigenvalue weighted by molar-refractivity contribution is 0.236. The number of amides is 2. The standard InChI is InChI=1S/C17H21N3OS/c1-12-7-8-13(20(12)2)11-18-17(21)19-15-9-10-22-16-6-4-3-5-14(15)16/h3-8,15H,9-11H2,1-2H3,(H2,18,19,21)/t15-/m0/s1. The number of nitrogens with one attached hydrogen (secondary N) is 2. The average molecular weight is 315 g/mol. The zero-order chi connectivity index (χ0) is 15.5. The van der Waals surface area contributed by atoms with Gasteiger partial charge >= 0.3 is 6.03 Å². The Morgan fingerprint density at radius 2 is 2.14 bits per heavy atom. The van der Waals surface area contributed by atoms with Crippen molar-refractivity contribution < 1.29 is 4.79 Å². The second-order valence-corrected chi connectivity index (χ2v) is 6.72. The highest BCUT2D eigenvalue weighted by molar-refractivity contribution is 7.99. The number of hydrogen-bond donors (Lipinski definition) is 2. The molecule has 1 aromatic heterocycles. The zero-order valence-corrected chi connectivity index (χ0v) is 13.7. The molecule has 1 aromatic carbocycles. The first-order valence-electron chi connectivity index (χ1n) is 7.52. The monoisotopic (exact) mass is 315 g/mol. The van der Waals surface area contributed by atoms with Gasteiger partial charge in [0.1, 0.15) is 0 Å². The van der Waals surface area contributed by atoms with E-state index in [0.29, 0.717) is 6.54 Å². The van der Waals surface area contributed by atoms with Crippen LogP contribution < -0.4 is 10.6 Å². The first kappa shape index (κ1) is 15.0. The van der Waals surface area contributed by atoms with E-state index >= 15 is 0 Å². The summed E-state index contributed by atoms with van der Waals surface area (Å²) in [5, 5.41) is 6.05. The molecule has 0 unspecified atom stereocenters. The van der Waals surface area contributed by atoms with Crippen molar-refractivity contribution in [2.24, 2.45) is 7.05 Å². The summed E-state index contributed by atoms with van der Waals surface area (Å²) in [6, 6.07) is 12.4. The molecule has 2 aromatic rings. The number of benzene rings is 1. The molecule has 116 valence electrons. The quantitative estimate of drug-likeness (QED) is 0.912. The van der Waals surface area contributed by atoms with Crippen LogP contribution in [0.5, 0.6) is 0 Å². The van der Waals surface area contributed by atoms with Crippen LogP contribution in [0.15, 0.2) is 41.3 Å². The predicted octanol–water partition coefficient (Wildman–Crippen LogP) is 3.37. The van der Waals surface area contributed by atoms with Crippen molar-refractivity contribution in [3.05, 3.63) is 53.3 Å². The van der Waals surface area contributed by atoms with Crippen LogP contribution in [-0.4, -0.2) is 16.4 Å². The summed E-state index contributed by atoms with van der Waals surface area (Å²) in [6.07, 6.45) is 0.971. The van der Waals surface area contributed by atoms with E-state index in [0.717, 1.165) is 17.9 Å². The average Bonchev–Trinajstić information content (AvgIpc) is 2.85. The third kappa shape index (κ3) is 3.14. The van der Waals surface area contributed by atoms with Gasteiger partial charge in [0.05, 0.1) is 12.6 Å². The minimum atomic E-state index is -0.106. The van der Waals surface area contributed by atoms with Crippen molar-refractivity contribution in [1.29, 1.82) is 0 Å². The van der Waals surface area contributed by atoms with E-state index in [1.54, 1.807) is 0 Å². The summed E-state index contributed by atoms with van der Waals surface area (Å²) in [4.78, 5) is 13.4. The van der Waals surface area contributed by atoms with Crippen molar-refractivity contribution in [1.82, 2.24) is 15.2 Å². The normalized spacial score (nSPS) is 16.9. The van der Waals surface area contributed by atoms with Crippen molar-refractivity contribution in [2.45, 2.75) is 30.8 Å². The van der Waals surface area contributed by atoms with Crippen molar-refractivity contribution in [3.8, 4) is 0 Å². The third-order valence-corrected chi connectivity index (χ3v) is 5.29. The zero-order valence-electron chi connectivity index (χ0n) is 12.9. The van der Waals surface area contributed by atoms with Gasteiger partial charge in [-0.15, -0.1) is 11.8 Å². The number of thioether (sulfide) groups is 1. The molecule has 1 aliphatic rings. The molecular weight excluding hydrogens is 294 g/mol. The van der Waals surface area contributed by atoms with Crippen molar-refractivity contribution >= 4 is 17.8 Å². The molecule has 2 heterocycles. The summed E-state index contributed by atoms with van der Waals surface area (Å²) in [5.41, 5.74) is 3.52. The van der Waals surface area contributed by atoms with Crippen LogP contribution in [0.2, 0.25) is 0 Å². The lowest BCUT2D eigenvalue weighted by Gasteiger charge is -2.26. The molecule has 1 aliphatic heterocycles. The lowest BCUT2D eigenvalue weighted by atomic mass is 10.0. The number of carbonyl (C=O) groups is 1.